The van der Waals surface area contributed by atoms with Gasteiger partial charge in [0.1, 0.15) is 5.82 Å². The van der Waals surface area contributed by atoms with Gasteiger partial charge in [-0.1, -0.05) is 6.92 Å². The molecule has 1 amide bonds. The number of primary amides is 1. The second-order valence-corrected chi connectivity index (χ2v) is 6.80. The molecule has 0 saturated carbocycles. The Labute approximate surface area is 167 Å². The lowest BCUT2D eigenvalue weighted by molar-refractivity contribution is 0.100. The number of hydrogen-bond donors (Lipinski definition) is 4. The summed E-state index contributed by atoms with van der Waals surface area (Å²) in [5, 5.41) is 11.2. The van der Waals surface area contributed by atoms with Crippen LogP contribution in [0.2, 0.25) is 0 Å². The fraction of sp³-hybridized carbons (Fsp3) is 0.368. The van der Waals surface area contributed by atoms with Gasteiger partial charge in [-0.15, -0.1) is 0 Å². The van der Waals surface area contributed by atoms with Crippen molar-refractivity contribution in [2.45, 2.75) is 45.8 Å². The maximum Gasteiger partial charge on any atom is 0.252 e. The molecule has 6 N–H and O–H groups in total. The smallest absolute Gasteiger partial charge is 0.252 e. The van der Waals surface area contributed by atoms with Gasteiger partial charge >= 0.3 is 0 Å². The topological polar surface area (TPSA) is 137 Å². The largest absolute Gasteiger partial charge is 0.365 e. The molecular formula is C19H25FN8O. The van der Waals surface area contributed by atoms with Gasteiger partial charge in [0.25, 0.3) is 5.91 Å². The molecule has 29 heavy (non-hydrogen) atoms. The van der Waals surface area contributed by atoms with Crippen LogP contribution >= 0.6 is 0 Å². The highest BCUT2D eigenvalue weighted by Crippen LogP contribution is 2.28. The predicted octanol–water partition coefficient (Wildman–Crippen LogP) is 2.37. The highest BCUT2D eigenvalue weighted by atomic mass is 19.1. The van der Waals surface area contributed by atoms with Crippen LogP contribution in [-0.2, 0) is 6.54 Å². The van der Waals surface area contributed by atoms with Gasteiger partial charge in [-0.3, -0.25) is 14.5 Å². The molecule has 3 rings (SSSR count). The second-order valence-electron chi connectivity index (χ2n) is 6.80. The first-order chi connectivity index (χ1) is 13.8. The standard InChI is InChI=1S/C19H25FN8O/c1-4-14(10(3)21)25-19-13(20)6-11(17(22)29)18(27-19)26-15-8-23-9-16-12(15)7-24-28(16)5-2/h6-10,14H,4-5,21H2,1-3H3,(H2,22,29)(H2,25,26,27)/t10-,14+/m0/s1. The number of nitrogens with zero attached hydrogens (tertiary/aromatic N) is 4. The Kier molecular flexibility index (Phi) is 5.92. The minimum atomic E-state index is -0.797. The van der Waals surface area contributed by atoms with E-state index in [1.807, 2.05) is 20.8 Å². The van der Waals surface area contributed by atoms with Crippen molar-refractivity contribution < 1.29 is 9.18 Å². The number of aromatic nitrogens is 4. The quantitative estimate of drug-likeness (QED) is 0.455. The Morgan fingerprint density at radius 1 is 1.28 bits per heavy atom. The van der Waals surface area contributed by atoms with E-state index in [4.69, 9.17) is 11.5 Å². The maximum absolute atomic E-state index is 14.6. The zero-order chi connectivity index (χ0) is 21.1. The van der Waals surface area contributed by atoms with E-state index < -0.39 is 11.7 Å². The normalized spacial score (nSPS) is 13.3. The summed E-state index contributed by atoms with van der Waals surface area (Å²) in [6.45, 7) is 6.42. The lowest BCUT2D eigenvalue weighted by Crippen LogP contribution is -2.38. The summed E-state index contributed by atoms with van der Waals surface area (Å²) < 4.78 is 16.4. The van der Waals surface area contributed by atoms with Crippen molar-refractivity contribution in [2.75, 3.05) is 10.6 Å². The van der Waals surface area contributed by atoms with Crippen molar-refractivity contribution in [1.82, 2.24) is 19.7 Å². The summed E-state index contributed by atoms with van der Waals surface area (Å²) >= 11 is 0. The van der Waals surface area contributed by atoms with Crippen LogP contribution < -0.4 is 22.1 Å². The molecule has 3 aromatic heterocycles. The highest BCUT2D eigenvalue weighted by molar-refractivity contribution is 6.00. The molecule has 10 heteroatoms. The minimum Gasteiger partial charge on any atom is -0.365 e. The van der Waals surface area contributed by atoms with Crippen molar-refractivity contribution >= 4 is 34.1 Å². The number of carbonyl (C=O) groups is 1. The average molecular weight is 400 g/mol. The molecule has 0 unspecified atom stereocenters. The number of nitrogens with two attached hydrogens (primary N) is 2. The van der Waals surface area contributed by atoms with E-state index in [9.17, 15) is 9.18 Å². The zero-order valence-electron chi connectivity index (χ0n) is 16.6. The Morgan fingerprint density at radius 2 is 2.03 bits per heavy atom. The van der Waals surface area contributed by atoms with E-state index in [1.165, 1.54) is 0 Å². The molecule has 0 aliphatic heterocycles. The molecule has 0 aliphatic carbocycles. The van der Waals surface area contributed by atoms with E-state index in [0.29, 0.717) is 18.7 Å². The predicted molar refractivity (Wildman–Crippen MR) is 111 cm³/mol. The number of halogens is 1. The van der Waals surface area contributed by atoms with Crippen LogP contribution in [0.5, 0.6) is 0 Å². The van der Waals surface area contributed by atoms with Crippen molar-refractivity contribution in [3.8, 4) is 0 Å². The third kappa shape index (κ3) is 4.11. The molecule has 2 atom stereocenters. The summed E-state index contributed by atoms with van der Waals surface area (Å²) in [7, 11) is 0. The molecule has 9 nitrogen and oxygen atoms in total. The average Bonchev–Trinajstić information content (AvgIpc) is 3.11. The molecule has 0 radical (unpaired) electrons. The van der Waals surface area contributed by atoms with Crippen LogP contribution in [-0.4, -0.2) is 37.7 Å². The van der Waals surface area contributed by atoms with Crippen LogP contribution in [0.4, 0.5) is 21.7 Å². The number of nitrogens with one attached hydrogen (secondary N) is 2. The first-order valence-corrected chi connectivity index (χ1v) is 9.44. The Bertz CT molecular complexity index is 1030. The molecular weight excluding hydrogens is 375 g/mol. The first kappa shape index (κ1) is 20.5. The Balaban J connectivity index is 2.05. The van der Waals surface area contributed by atoms with Gasteiger partial charge in [0.2, 0.25) is 0 Å². The number of carbonyl (C=O) groups excluding carboxylic acids is 1. The second kappa shape index (κ2) is 8.39. The van der Waals surface area contributed by atoms with Gasteiger partial charge in [-0.2, -0.15) is 5.10 Å². The highest BCUT2D eigenvalue weighted by Gasteiger charge is 2.20. The van der Waals surface area contributed by atoms with E-state index >= 15 is 0 Å². The van der Waals surface area contributed by atoms with E-state index in [1.54, 1.807) is 23.3 Å². The number of aryl methyl sites for hydroxylation is 1. The first-order valence-electron chi connectivity index (χ1n) is 9.44. The van der Waals surface area contributed by atoms with Gasteiger partial charge < -0.3 is 22.1 Å². The van der Waals surface area contributed by atoms with E-state index in [2.05, 4.69) is 25.7 Å². The third-order valence-electron chi connectivity index (χ3n) is 4.76. The molecule has 0 spiro atoms. The van der Waals surface area contributed by atoms with Crippen LogP contribution in [0.1, 0.15) is 37.6 Å². The maximum atomic E-state index is 14.6. The Morgan fingerprint density at radius 3 is 2.66 bits per heavy atom. The van der Waals surface area contributed by atoms with E-state index in [-0.39, 0.29) is 29.3 Å². The van der Waals surface area contributed by atoms with Crippen LogP contribution in [0, 0.1) is 5.82 Å². The number of pyridine rings is 2. The summed E-state index contributed by atoms with van der Waals surface area (Å²) in [6.07, 6.45) is 5.66. The Hall–Kier alpha value is -3.27. The van der Waals surface area contributed by atoms with Crippen molar-refractivity contribution in [3.63, 3.8) is 0 Å². The van der Waals surface area contributed by atoms with Gasteiger partial charge in [0.15, 0.2) is 11.6 Å². The SMILES string of the molecule is CC[C@@H](Nc1nc(Nc2cncc3c2cnn3CC)c(C(N)=O)cc1F)[C@H](C)N. The van der Waals surface area contributed by atoms with Crippen molar-refractivity contribution in [3.05, 3.63) is 36.0 Å². The number of rotatable bonds is 8. The van der Waals surface area contributed by atoms with Gasteiger partial charge in [0, 0.05) is 24.0 Å². The number of anilines is 3. The van der Waals surface area contributed by atoms with Gasteiger partial charge in [-0.25, -0.2) is 9.37 Å². The molecule has 0 saturated heterocycles. The third-order valence-corrected chi connectivity index (χ3v) is 4.76. The van der Waals surface area contributed by atoms with Gasteiger partial charge in [-0.05, 0) is 26.3 Å². The molecule has 0 bridgehead atoms. The number of hydrogen-bond acceptors (Lipinski definition) is 7. The van der Waals surface area contributed by atoms with Crippen LogP contribution in [0.25, 0.3) is 10.9 Å². The monoisotopic (exact) mass is 400 g/mol. The minimum absolute atomic E-state index is 0.00830. The molecule has 154 valence electrons. The lowest BCUT2D eigenvalue weighted by atomic mass is 10.1. The fourth-order valence-electron chi connectivity index (χ4n) is 3.12. The fourth-order valence-corrected chi connectivity index (χ4v) is 3.12. The molecule has 0 aromatic carbocycles. The molecule has 3 heterocycles. The summed E-state index contributed by atoms with van der Waals surface area (Å²) in [4.78, 5) is 20.4. The lowest BCUT2D eigenvalue weighted by Gasteiger charge is -2.22. The van der Waals surface area contributed by atoms with Crippen LogP contribution in [0.15, 0.2) is 24.7 Å². The summed E-state index contributed by atoms with van der Waals surface area (Å²) in [5.74, 6) is -1.36. The number of amides is 1. The zero-order valence-corrected chi connectivity index (χ0v) is 16.6. The summed E-state index contributed by atoms with van der Waals surface area (Å²) in [6, 6.07) is 0.667. The molecule has 3 aromatic rings. The molecule has 0 fully saturated rings. The number of fused-ring (bicyclic) bond motifs is 1. The van der Waals surface area contributed by atoms with Crippen molar-refractivity contribution in [2.24, 2.45) is 11.5 Å². The van der Waals surface area contributed by atoms with E-state index in [0.717, 1.165) is 17.0 Å². The summed E-state index contributed by atoms with van der Waals surface area (Å²) in [5.41, 5.74) is 12.7. The van der Waals surface area contributed by atoms with Gasteiger partial charge in [0.05, 0.1) is 35.4 Å². The van der Waals surface area contributed by atoms with Crippen molar-refractivity contribution in [1.29, 1.82) is 0 Å². The van der Waals surface area contributed by atoms with Crippen LogP contribution in [0.3, 0.4) is 0 Å². The molecule has 0 aliphatic rings.